The van der Waals surface area contributed by atoms with Crippen molar-refractivity contribution >= 4 is 75.2 Å². The fraction of sp³-hybridized carbons (Fsp3) is 0.0385. The van der Waals surface area contributed by atoms with Crippen LogP contribution in [-0.2, 0) is 4.79 Å². The Morgan fingerprint density at radius 3 is 1.92 bits per heavy atom. The van der Waals surface area contributed by atoms with E-state index in [9.17, 15) is 19.2 Å². The number of aliphatic carboxylic acids is 1. The Bertz CT molecular complexity index is 1500. The highest BCUT2D eigenvalue weighted by Gasteiger charge is 2.19. The second kappa shape index (κ2) is 12.8. The average Bonchev–Trinajstić information content (AvgIpc) is 3.35. The van der Waals surface area contributed by atoms with E-state index in [1.165, 1.54) is 48.7 Å². The molecule has 198 valence electrons. The Balaban J connectivity index is 1.60. The van der Waals surface area contributed by atoms with Gasteiger partial charge in [0.1, 0.15) is 11.5 Å². The molecule has 0 unspecified atom stereocenters. The van der Waals surface area contributed by atoms with Gasteiger partial charge in [-0.05, 0) is 36.4 Å². The molecule has 1 amide bonds. The van der Waals surface area contributed by atoms with Crippen LogP contribution in [0.4, 0.5) is 5.13 Å². The van der Waals surface area contributed by atoms with E-state index >= 15 is 0 Å². The van der Waals surface area contributed by atoms with Crippen molar-refractivity contribution < 1.29 is 33.8 Å². The molecule has 0 aliphatic carbocycles. The van der Waals surface area contributed by atoms with Crippen LogP contribution in [0.1, 0.15) is 31.1 Å². The summed E-state index contributed by atoms with van der Waals surface area (Å²) in [6, 6.07) is 16.4. The van der Waals surface area contributed by atoms with Crippen molar-refractivity contribution in [1.29, 1.82) is 0 Å². The summed E-state index contributed by atoms with van der Waals surface area (Å²) in [6.07, 6.45) is 1.44. The molecule has 4 aromatic rings. The summed E-state index contributed by atoms with van der Waals surface area (Å²) < 4.78 is 11.5. The Kier molecular flexibility index (Phi) is 9.20. The number of nitrogens with zero attached hydrogens (tertiary/aromatic N) is 1. The lowest BCUT2D eigenvalue weighted by Crippen LogP contribution is -2.15. The van der Waals surface area contributed by atoms with Gasteiger partial charge >= 0.3 is 17.9 Å². The maximum atomic E-state index is 13.0. The second-order valence-electron chi connectivity index (χ2n) is 7.55. The molecule has 1 heterocycles. The number of thiazole rings is 1. The highest BCUT2D eigenvalue weighted by Crippen LogP contribution is 2.30. The number of carboxylic acids is 1. The average molecular weight is 603 g/mol. The Morgan fingerprint density at radius 1 is 0.872 bits per heavy atom. The minimum Gasteiger partial charge on any atom is -0.481 e. The van der Waals surface area contributed by atoms with E-state index in [2.05, 4.69) is 10.3 Å². The third kappa shape index (κ3) is 7.58. The molecule has 0 bridgehead atoms. The molecule has 0 saturated heterocycles. The topological polar surface area (TPSA) is 132 Å². The van der Waals surface area contributed by atoms with Gasteiger partial charge in [0.15, 0.2) is 5.13 Å². The van der Waals surface area contributed by atoms with Gasteiger partial charge in [-0.2, -0.15) is 0 Å². The molecule has 9 nitrogen and oxygen atoms in total. The number of amides is 1. The second-order valence-corrected chi connectivity index (χ2v) is 10.7. The van der Waals surface area contributed by atoms with Crippen molar-refractivity contribution in [3.05, 3.63) is 99.7 Å². The Morgan fingerprint density at radius 2 is 1.41 bits per heavy atom. The molecule has 2 N–H and O–H groups in total. The zero-order chi connectivity index (χ0) is 27.9. The summed E-state index contributed by atoms with van der Waals surface area (Å²) in [4.78, 5) is 53.4. The van der Waals surface area contributed by atoms with Crippen molar-refractivity contribution in [3.8, 4) is 11.5 Å². The van der Waals surface area contributed by atoms with Crippen molar-refractivity contribution in [2.45, 2.75) is 4.21 Å². The van der Waals surface area contributed by atoms with Gasteiger partial charge in [-0.25, -0.2) is 14.6 Å². The van der Waals surface area contributed by atoms with E-state index in [1.807, 2.05) is 0 Å². The van der Waals surface area contributed by atoms with E-state index in [-0.39, 0.29) is 49.1 Å². The molecule has 1 aromatic heterocycles. The van der Waals surface area contributed by atoms with Gasteiger partial charge in [0.05, 0.1) is 37.3 Å². The van der Waals surface area contributed by atoms with E-state index in [0.717, 1.165) is 23.1 Å². The standard InChI is InChI=1S/C26H16Cl2N2O7S2/c27-19-7-3-1-5-17(19)24(34)36-15-9-14(23(33)30-26-29-12-22(39-26)38-13-21(31)32)10-16(11-15)37-25(35)18-6-2-4-8-20(18)28/h1-12H,13H2,(H,31,32)(H,29,30,33). The maximum absolute atomic E-state index is 13.0. The van der Waals surface area contributed by atoms with Crippen LogP contribution in [0.5, 0.6) is 11.5 Å². The largest absolute Gasteiger partial charge is 0.481 e. The number of esters is 2. The summed E-state index contributed by atoms with van der Waals surface area (Å²) in [5, 5.41) is 12.0. The summed E-state index contributed by atoms with van der Waals surface area (Å²) in [5.41, 5.74) is 0.173. The van der Waals surface area contributed by atoms with Crippen molar-refractivity contribution in [3.63, 3.8) is 0 Å². The summed E-state index contributed by atoms with van der Waals surface area (Å²) >= 11 is 14.3. The van der Waals surface area contributed by atoms with E-state index in [4.69, 9.17) is 37.8 Å². The van der Waals surface area contributed by atoms with Crippen molar-refractivity contribution in [1.82, 2.24) is 4.98 Å². The predicted octanol–water partition coefficient (Wildman–Crippen LogP) is 6.32. The van der Waals surface area contributed by atoms with Gasteiger partial charge in [-0.15, -0.1) is 11.8 Å². The number of nitrogens with one attached hydrogen (secondary N) is 1. The van der Waals surface area contributed by atoms with Crippen molar-refractivity contribution in [2.75, 3.05) is 11.1 Å². The van der Waals surface area contributed by atoms with Crippen LogP contribution >= 0.6 is 46.3 Å². The SMILES string of the molecule is O=C(O)CSc1cnc(NC(=O)c2cc(OC(=O)c3ccccc3Cl)cc(OC(=O)c3ccccc3Cl)c2)s1. The minimum absolute atomic E-state index is 0.0173. The summed E-state index contributed by atoms with van der Waals surface area (Å²) in [6.45, 7) is 0. The number of rotatable bonds is 9. The smallest absolute Gasteiger partial charge is 0.345 e. The predicted molar refractivity (Wildman–Crippen MR) is 148 cm³/mol. The van der Waals surface area contributed by atoms with E-state index < -0.39 is 23.8 Å². The monoisotopic (exact) mass is 602 g/mol. The Hall–Kier alpha value is -3.90. The third-order valence-electron chi connectivity index (χ3n) is 4.79. The lowest BCUT2D eigenvalue weighted by molar-refractivity contribution is -0.133. The van der Waals surface area contributed by atoms with Crippen LogP contribution in [0.25, 0.3) is 0 Å². The van der Waals surface area contributed by atoms with Gasteiger partial charge in [-0.1, -0.05) is 58.8 Å². The number of halogens is 2. The van der Waals surface area contributed by atoms with Crippen LogP contribution in [0, 0.1) is 0 Å². The molecule has 4 rings (SSSR count). The third-order valence-corrected chi connectivity index (χ3v) is 7.55. The van der Waals surface area contributed by atoms with Gasteiger partial charge in [0.2, 0.25) is 0 Å². The molecule has 39 heavy (non-hydrogen) atoms. The number of hydrogen-bond acceptors (Lipinski definition) is 9. The first-order valence-corrected chi connectivity index (χ1v) is 13.5. The first kappa shape index (κ1) is 28.1. The molecule has 3 aromatic carbocycles. The number of thioether (sulfide) groups is 1. The zero-order valence-electron chi connectivity index (χ0n) is 19.6. The number of carbonyl (C=O) groups is 4. The highest BCUT2D eigenvalue weighted by molar-refractivity contribution is 8.01. The van der Waals surface area contributed by atoms with Crippen LogP contribution in [0.2, 0.25) is 10.0 Å². The molecule has 0 radical (unpaired) electrons. The van der Waals surface area contributed by atoms with Crippen molar-refractivity contribution in [2.24, 2.45) is 0 Å². The molecular formula is C26H16Cl2N2O7S2. The number of anilines is 1. The normalized spacial score (nSPS) is 10.5. The van der Waals surface area contributed by atoms with Crippen LogP contribution in [0.3, 0.4) is 0 Å². The van der Waals surface area contributed by atoms with Gasteiger partial charge < -0.3 is 14.6 Å². The fourth-order valence-electron chi connectivity index (χ4n) is 3.08. The first-order valence-electron chi connectivity index (χ1n) is 10.9. The molecule has 0 fully saturated rings. The lowest BCUT2D eigenvalue weighted by atomic mass is 10.1. The van der Waals surface area contributed by atoms with Gasteiger partial charge in [0.25, 0.3) is 5.91 Å². The molecular weight excluding hydrogens is 587 g/mol. The molecule has 0 aliphatic heterocycles. The highest BCUT2D eigenvalue weighted by atomic mass is 35.5. The number of ether oxygens (including phenoxy) is 2. The molecule has 13 heteroatoms. The van der Waals surface area contributed by atoms with Crippen LogP contribution in [-0.4, -0.2) is 39.7 Å². The number of carboxylic acid groups (broad SMARTS) is 1. The van der Waals surface area contributed by atoms with Crippen LogP contribution < -0.4 is 14.8 Å². The van der Waals surface area contributed by atoms with Gasteiger partial charge in [-0.3, -0.25) is 14.9 Å². The number of aromatic nitrogens is 1. The molecule has 0 aliphatic rings. The zero-order valence-corrected chi connectivity index (χ0v) is 22.7. The van der Waals surface area contributed by atoms with E-state index in [0.29, 0.717) is 4.21 Å². The lowest BCUT2D eigenvalue weighted by Gasteiger charge is -2.11. The molecule has 0 atom stereocenters. The molecule has 0 spiro atoms. The number of hydrogen-bond donors (Lipinski definition) is 2. The Labute approximate surface area is 239 Å². The van der Waals surface area contributed by atoms with Crippen LogP contribution in [0.15, 0.2) is 77.1 Å². The number of carbonyl (C=O) groups excluding carboxylic acids is 3. The van der Waals surface area contributed by atoms with Gasteiger partial charge in [0, 0.05) is 11.6 Å². The number of benzene rings is 3. The maximum Gasteiger partial charge on any atom is 0.345 e. The minimum atomic E-state index is -0.985. The fourth-order valence-corrected chi connectivity index (χ4v) is 5.10. The summed E-state index contributed by atoms with van der Waals surface area (Å²) in [5.74, 6) is -3.55. The quantitative estimate of drug-likeness (QED) is 0.128. The summed E-state index contributed by atoms with van der Waals surface area (Å²) in [7, 11) is 0. The van der Waals surface area contributed by atoms with E-state index in [1.54, 1.807) is 24.3 Å². The molecule has 0 saturated carbocycles. The first-order chi connectivity index (χ1) is 18.7.